The Morgan fingerprint density at radius 3 is 2.65 bits per heavy atom. The number of hydrazone groups is 1. The molecule has 5 rings (SSSR count). The molecule has 1 aliphatic carbocycles. The highest BCUT2D eigenvalue weighted by Crippen LogP contribution is 2.46. The molecule has 174 valence electrons. The SMILES string of the molecule is CCC1=NN(c2ccc(F)cc2Cl)C(=O)C12CCC(NC(=O)c1cnc3ccccc3n1)CC2. The molecule has 0 saturated heterocycles. The number of aromatic nitrogens is 2. The van der Waals surface area contributed by atoms with E-state index in [0.717, 1.165) is 11.2 Å². The Morgan fingerprint density at radius 1 is 1.21 bits per heavy atom. The van der Waals surface area contributed by atoms with Crippen LogP contribution in [0.15, 0.2) is 53.8 Å². The molecule has 0 bridgehead atoms. The van der Waals surface area contributed by atoms with Crippen molar-refractivity contribution in [1.82, 2.24) is 15.3 Å². The van der Waals surface area contributed by atoms with E-state index in [4.69, 9.17) is 11.6 Å². The minimum absolute atomic E-state index is 0.0826. The van der Waals surface area contributed by atoms with Gasteiger partial charge in [0.1, 0.15) is 11.5 Å². The third kappa shape index (κ3) is 3.81. The van der Waals surface area contributed by atoms with Crippen LogP contribution in [0.5, 0.6) is 0 Å². The smallest absolute Gasteiger partial charge is 0.271 e. The summed E-state index contributed by atoms with van der Waals surface area (Å²) in [6.07, 6.45) is 4.47. The van der Waals surface area contributed by atoms with Crippen molar-refractivity contribution in [2.75, 3.05) is 5.01 Å². The molecule has 1 N–H and O–H groups in total. The maximum atomic E-state index is 13.5. The first-order valence-electron chi connectivity index (χ1n) is 11.3. The molecule has 0 unspecified atom stereocenters. The largest absolute Gasteiger partial charge is 0.348 e. The Kier molecular flexibility index (Phi) is 5.77. The van der Waals surface area contributed by atoms with Crippen LogP contribution in [0, 0.1) is 11.2 Å². The number of amides is 2. The average Bonchev–Trinajstić information content (AvgIpc) is 3.11. The lowest BCUT2D eigenvalue weighted by Gasteiger charge is -2.36. The summed E-state index contributed by atoms with van der Waals surface area (Å²) in [5.74, 6) is -0.897. The van der Waals surface area contributed by atoms with E-state index in [9.17, 15) is 14.0 Å². The molecular formula is C25H23ClFN5O2. The van der Waals surface area contributed by atoms with E-state index in [2.05, 4.69) is 20.4 Å². The van der Waals surface area contributed by atoms with E-state index in [1.165, 1.54) is 29.4 Å². The summed E-state index contributed by atoms with van der Waals surface area (Å²) in [4.78, 5) is 35.0. The lowest BCUT2D eigenvalue weighted by Crippen LogP contribution is -2.47. The molecule has 9 heteroatoms. The number of hydrogen-bond donors (Lipinski definition) is 1. The second kappa shape index (κ2) is 8.76. The molecule has 2 aliphatic rings. The average molecular weight is 480 g/mol. The predicted molar refractivity (Wildman–Crippen MR) is 128 cm³/mol. The molecule has 3 aromatic rings. The Hall–Kier alpha value is -3.39. The number of nitrogens with one attached hydrogen (secondary N) is 1. The van der Waals surface area contributed by atoms with E-state index in [1.807, 2.05) is 31.2 Å². The van der Waals surface area contributed by atoms with E-state index in [-0.39, 0.29) is 28.6 Å². The summed E-state index contributed by atoms with van der Waals surface area (Å²) in [5.41, 5.74) is 2.11. The van der Waals surface area contributed by atoms with Crippen molar-refractivity contribution in [2.24, 2.45) is 10.5 Å². The number of anilines is 1. The number of carbonyl (C=O) groups excluding carboxylic acids is 2. The number of carbonyl (C=O) groups is 2. The molecule has 1 saturated carbocycles. The fourth-order valence-electron chi connectivity index (χ4n) is 4.90. The van der Waals surface area contributed by atoms with Gasteiger partial charge in [0.2, 0.25) is 0 Å². The van der Waals surface area contributed by atoms with Crippen LogP contribution in [0.2, 0.25) is 5.02 Å². The molecule has 2 heterocycles. The van der Waals surface area contributed by atoms with Crippen LogP contribution < -0.4 is 10.3 Å². The monoisotopic (exact) mass is 479 g/mol. The van der Waals surface area contributed by atoms with Crippen molar-refractivity contribution >= 4 is 45.8 Å². The molecule has 0 atom stereocenters. The Balaban J connectivity index is 1.30. The fraction of sp³-hybridized carbons (Fsp3) is 0.320. The van der Waals surface area contributed by atoms with Gasteiger partial charge >= 0.3 is 0 Å². The van der Waals surface area contributed by atoms with Crippen molar-refractivity contribution in [2.45, 2.75) is 45.1 Å². The summed E-state index contributed by atoms with van der Waals surface area (Å²) < 4.78 is 13.5. The number of hydrogen-bond acceptors (Lipinski definition) is 5. The number of rotatable bonds is 4. The molecule has 1 fully saturated rings. The van der Waals surface area contributed by atoms with E-state index < -0.39 is 11.2 Å². The second-order valence-corrected chi connectivity index (χ2v) is 9.09. The van der Waals surface area contributed by atoms with E-state index in [0.29, 0.717) is 43.3 Å². The van der Waals surface area contributed by atoms with E-state index >= 15 is 0 Å². The van der Waals surface area contributed by atoms with Gasteiger partial charge in [-0.2, -0.15) is 10.1 Å². The third-order valence-corrected chi connectivity index (χ3v) is 7.01. The summed E-state index contributed by atoms with van der Waals surface area (Å²) in [6.45, 7) is 1.97. The standard InChI is InChI=1S/C25H23ClFN5O2/c1-2-22-25(24(34)32(31-22)21-8-7-15(27)13-17(21)26)11-9-16(10-12-25)29-23(33)20-14-28-18-5-3-4-6-19(18)30-20/h3-8,13-14,16H,2,9-12H2,1H3,(H,29,33). The number of fused-ring (bicyclic) bond motifs is 1. The summed E-state index contributed by atoms with van der Waals surface area (Å²) in [7, 11) is 0. The van der Waals surface area contributed by atoms with Crippen molar-refractivity contribution in [3.63, 3.8) is 0 Å². The highest BCUT2D eigenvalue weighted by atomic mass is 35.5. The van der Waals surface area contributed by atoms with Crippen molar-refractivity contribution in [3.8, 4) is 0 Å². The van der Waals surface area contributed by atoms with Gasteiger partial charge < -0.3 is 5.32 Å². The van der Waals surface area contributed by atoms with Crippen LogP contribution >= 0.6 is 11.6 Å². The Bertz CT molecular complexity index is 1320. The lowest BCUT2D eigenvalue weighted by atomic mass is 9.68. The van der Waals surface area contributed by atoms with Gasteiger partial charge in [-0.05, 0) is 62.4 Å². The maximum Gasteiger partial charge on any atom is 0.271 e. The highest BCUT2D eigenvalue weighted by molar-refractivity contribution is 6.34. The zero-order valence-corrected chi connectivity index (χ0v) is 19.3. The molecule has 1 aliphatic heterocycles. The first-order chi connectivity index (χ1) is 16.4. The lowest BCUT2D eigenvalue weighted by molar-refractivity contribution is -0.125. The fourth-order valence-corrected chi connectivity index (χ4v) is 5.14. The molecule has 1 aromatic heterocycles. The molecule has 34 heavy (non-hydrogen) atoms. The topological polar surface area (TPSA) is 87.5 Å². The van der Waals surface area contributed by atoms with Gasteiger partial charge in [0, 0.05) is 6.04 Å². The van der Waals surface area contributed by atoms with Gasteiger partial charge in [0.25, 0.3) is 11.8 Å². The maximum absolute atomic E-state index is 13.5. The highest BCUT2D eigenvalue weighted by Gasteiger charge is 2.52. The van der Waals surface area contributed by atoms with Crippen molar-refractivity contribution in [3.05, 3.63) is 65.2 Å². The van der Waals surface area contributed by atoms with Gasteiger partial charge in [-0.25, -0.2) is 9.37 Å². The summed E-state index contributed by atoms with van der Waals surface area (Å²) in [6, 6.07) is 11.2. The quantitative estimate of drug-likeness (QED) is 0.577. The minimum atomic E-state index is -0.726. The van der Waals surface area contributed by atoms with Gasteiger partial charge in [0.15, 0.2) is 0 Å². The summed E-state index contributed by atoms with van der Waals surface area (Å²) in [5, 5.41) is 9.07. The number of nitrogens with zero attached hydrogens (tertiary/aromatic N) is 4. The Morgan fingerprint density at radius 2 is 1.94 bits per heavy atom. The van der Waals surface area contributed by atoms with Gasteiger partial charge in [-0.3, -0.25) is 14.6 Å². The third-order valence-electron chi connectivity index (χ3n) is 6.70. The van der Waals surface area contributed by atoms with Gasteiger partial charge in [0.05, 0.1) is 39.1 Å². The second-order valence-electron chi connectivity index (χ2n) is 8.69. The van der Waals surface area contributed by atoms with Crippen LogP contribution in [0.25, 0.3) is 11.0 Å². The molecule has 0 radical (unpaired) electrons. The zero-order chi connectivity index (χ0) is 23.9. The van der Waals surface area contributed by atoms with Crippen LogP contribution in [-0.2, 0) is 4.79 Å². The minimum Gasteiger partial charge on any atom is -0.348 e. The van der Waals surface area contributed by atoms with Crippen LogP contribution in [0.3, 0.4) is 0 Å². The molecule has 1 spiro atoms. The van der Waals surface area contributed by atoms with Crippen LogP contribution in [0.4, 0.5) is 10.1 Å². The van der Waals surface area contributed by atoms with Gasteiger partial charge in [-0.1, -0.05) is 30.7 Å². The number of halogens is 2. The summed E-state index contributed by atoms with van der Waals surface area (Å²) >= 11 is 6.21. The first-order valence-corrected chi connectivity index (χ1v) is 11.7. The van der Waals surface area contributed by atoms with Crippen molar-refractivity contribution < 1.29 is 14.0 Å². The normalized spacial score (nSPS) is 22.3. The number of para-hydroxylation sites is 2. The Labute approximate surface area is 201 Å². The predicted octanol–water partition coefficient (Wildman–Crippen LogP) is 4.89. The molecule has 2 aromatic carbocycles. The van der Waals surface area contributed by atoms with E-state index in [1.54, 1.807) is 0 Å². The van der Waals surface area contributed by atoms with Crippen LogP contribution in [-0.4, -0.2) is 33.5 Å². The molecule has 2 amide bonds. The van der Waals surface area contributed by atoms with Crippen molar-refractivity contribution in [1.29, 1.82) is 0 Å². The first kappa shape index (κ1) is 22.4. The molecule has 7 nitrogen and oxygen atoms in total. The number of benzene rings is 2. The van der Waals surface area contributed by atoms with Crippen LogP contribution in [0.1, 0.15) is 49.5 Å². The van der Waals surface area contributed by atoms with Gasteiger partial charge in [-0.15, -0.1) is 0 Å². The molecular weight excluding hydrogens is 457 g/mol. The zero-order valence-electron chi connectivity index (χ0n) is 18.6.